The molecule has 1 aliphatic carbocycles. The lowest BCUT2D eigenvalue weighted by Crippen LogP contribution is -2.25. The molecule has 3 N–H and O–H groups in total. The lowest BCUT2D eigenvalue weighted by molar-refractivity contribution is 0.289. The third-order valence-corrected chi connectivity index (χ3v) is 3.87. The highest BCUT2D eigenvalue weighted by atomic mass is 15.3. The summed E-state index contributed by atoms with van der Waals surface area (Å²) in [6.07, 6.45) is 5.22. The zero-order chi connectivity index (χ0) is 12.3. The van der Waals surface area contributed by atoms with E-state index in [1.807, 2.05) is 18.7 Å². The predicted molar refractivity (Wildman–Crippen MR) is 70.9 cm³/mol. The summed E-state index contributed by atoms with van der Waals surface area (Å²) in [5.41, 5.74) is 6.78. The summed E-state index contributed by atoms with van der Waals surface area (Å²) in [7, 11) is 1.99. The lowest BCUT2D eigenvalue weighted by atomic mass is 9.82. The summed E-state index contributed by atoms with van der Waals surface area (Å²) >= 11 is 0. The molecule has 96 valence electrons. The topological polar surface area (TPSA) is 55.9 Å². The van der Waals surface area contributed by atoms with Crippen LogP contribution in [0.5, 0.6) is 0 Å². The Labute approximate surface area is 104 Å². The van der Waals surface area contributed by atoms with E-state index in [2.05, 4.69) is 16.5 Å². The Morgan fingerprint density at radius 1 is 1.35 bits per heavy atom. The summed E-state index contributed by atoms with van der Waals surface area (Å²) in [6.45, 7) is 3.95. The number of aromatic nitrogens is 2. The minimum atomic E-state index is 0.769. The maximum Gasteiger partial charge on any atom is 0.124 e. The second-order valence-corrected chi connectivity index (χ2v) is 5.30. The van der Waals surface area contributed by atoms with Crippen LogP contribution in [0.15, 0.2) is 6.07 Å². The number of aryl methyl sites for hydroxylation is 2. The van der Waals surface area contributed by atoms with Crippen molar-refractivity contribution >= 4 is 5.82 Å². The number of rotatable bonds is 4. The van der Waals surface area contributed by atoms with Crippen molar-refractivity contribution in [2.45, 2.75) is 32.6 Å². The molecule has 1 aliphatic rings. The first-order valence-corrected chi connectivity index (χ1v) is 6.63. The fourth-order valence-corrected chi connectivity index (χ4v) is 2.70. The van der Waals surface area contributed by atoms with Crippen LogP contribution in [0.25, 0.3) is 0 Å². The quantitative estimate of drug-likeness (QED) is 0.839. The van der Waals surface area contributed by atoms with Crippen LogP contribution in [-0.4, -0.2) is 22.9 Å². The van der Waals surface area contributed by atoms with E-state index in [-0.39, 0.29) is 0 Å². The molecule has 0 saturated heterocycles. The van der Waals surface area contributed by atoms with Gasteiger partial charge in [0.15, 0.2) is 0 Å². The minimum Gasteiger partial charge on any atom is -0.370 e. The second-order valence-electron chi connectivity index (χ2n) is 5.30. The molecule has 0 amide bonds. The van der Waals surface area contributed by atoms with Gasteiger partial charge in [-0.25, -0.2) is 0 Å². The Morgan fingerprint density at radius 2 is 2.00 bits per heavy atom. The first-order chi connectivity index (χ1) is 8.19. The Morgan fingerprint density at radius 3 is 2.53 bits per heavy atom. The number of hydrogen-bond donors (Lipinski definition) is 2. The van der Waals surface area contributed by atoms with Crippen molar-refractivity contribution in [1.82, 2.24) is 9.78 Å². The van der Waals surface area contributed by atoms with Crippen LogP contribution in [-0.2, 0) is 7.05 Å². The highest BCUT2D eigenvalue weighted by Gasteiger charge is 2.20. The van der Waals surface area contributed by atoms with Crippen molar-refractivity contribution in [1.29, 1.82) is 0 Å². The van der Waals surface area contributed by atoms with Crippen LogP contribution in [0.4, 0.5) is 5.82 Å². The van der Waals surface area contributed by atoms with Gasteiger partial charge in [0.2, 0.25) is 0 Å². The predicted octanol–water partition coefficient (Wildman–Crippen LogP) is 1.91. The molecule has 1 saturated carbocycles. The summed E-state index contributed by atoms with van der Waals surface area (Å²) < 4.78 is 1.92. The van der Waals surface area contributed by atoms with Crippen LogP contribution >= 0.6 is 0 Å². The van der Waals surface area contributed by atoms with Gasteiger partial charge in [-0.3, -0.25) is 4.68 Å². The molecule has 1 aromatic rings. The van der Waals surface area contributed by atoms with E-state index in [0.717, 1.165) is 36.4 Å². The molecular weight excluding hydrogens is 212 g/mol. The lowest BCUT2D eigenvalue weighted by Gasteiger charge is -2.27. The number of hydrogen-bond acceptors (Lipinski definition) is 3. The van der Waals surface area contributed by atoms with Crippen molar-refractivity contribution in [2.75, 3.05) is 18.4 Å². The standard InChI is InChI=1S/C13H24N4/c1-10-7-13(17(2)16-10)15-9-12-5-3-11(8-14)4-6-12/h7,11-12,15H,3-6,8-9,14H2,1-2H3. The molecule has 4 heteroatoms. The van der Waals surface area contributed by atoms with Crippen molar-refractivity contribution < 1.29 is 0 Å². The van der Waals surface area contributed by atoms with Crippen LogP contribution in [0.2, 0.25) is 0 Å². The highest BCUT2D eigenvalue weighted by Crippen LogP contribution is 2.28. The summed E-state index contributed by atoms with van der Waals surface area (Å²) in [6, 6.07) is 2.10. The summed E-state index contributed by atoms with van der Waals surface area (Å²) in [5, 5.41) is 7.84. The summed E-state index contributed by atoms with van der Waals surface area (Å²) in [5.74, 6) is 2.70. The van der Waals surface area contributed by atoms with Gasteiger partial charge < -0.3 is 11.1 Å². The third-order valence-electron chi connectivity index (χ3n) is 3.87. The molecule has 0 aromatic carbocycles. The van der Waals surface area contributed by atoms with Crippen molar-refractivity contribution in [3.63, 3.8) is 0 Å². The molecule has 0 unspecified atom stereocenters. The van der Waals surface area contributed by atoms with Gasteiger partial charge in [0, 0.05) is 19.7 Å². The number of nitrogens with two attached hydrogens (primary N) is 1. The normalized spacial score (nSPS) is 24.9. The molecule has 0 radical (unpaired) electrons. The zero-order valence-corrected chi connectivity index (χ0v) is 10.9. The van der Waals surface area contributed by atoms with Gasteiger partial charge in [0.05, 0.1) is 5.69 Å². The highest BCUT2D eigenvalue weighted by molar-refractivity contribution is 5.36. The van der Waals surface area contributed by atoms with Crippen LogP contribution in [0.1, 0.15) is 31.4 Å². The zero-order valence-electron chi connectivity index (χ0n) is 10.9. The molecule has 17 heavy (non-hydrogen) atoms. The van der Waals surface area contributed by atoms with E-state index < -0.39 is 0 Å². The molecule has 2 rings (SSSR count). The van der Waals surface area contributed by atoms with Crippen molar-refractivity contribution in [3.05, 3.63) is 11.8 Å². The average molecular weight is 236 g/mol. The van der Waals surface area contributed by atoms with Gasteiger partial charge in [0.25, 0.3) is 0 Å². The molecule has 0 atom stereocenters. The number of nitrogens with one attached hydrogen (secondary N) is 1. The molecule has 1 aromatic heterocycles. The molecule has 1 fully saturated rings. The molecule has 0 spiro atoms. The third kappa shape index (κ3) is 3.22. The van der Waals surface area contributed by atoms with Crippen LogP contribution < -0.4 is 11.1 Å². The van der Waals surface area contributed by atoms with Gasteiger partial charge in [-0.2, -0.15) is 5.10 Å². The minimum absolute atomic E-state index is 0.769. The number of anilines is 1. The van der Waals surface area contributed by atoms with Gasteiger partial charge in [0.1, 0.15) is 5.82 Å². The Balaban J connectivity index is 1.77. The Bertz CT molecular complexity index is 350. The summed E-state index contributed by atoms with van der Waals surface area (Å²) in [4.78, 5) is 0. The van der Waals surface area contributed by atoms with Crippen LogP contribution in [0, 0.1) is 18.8 Å². The van der Waals surface area contributed by atoms with Crippen molar-refractivity contribution in [2.24, 2.45) is 24.6 Å². The van der Waals surface area contributed by atoms with E-state index in [9.17, 15) is 0 Å². The van der Waals surface area contributed by atoms with Gasteiger partial charge in [-0.1, -0.05) is 0 Å². The smallest absolute Gasteiger partial charge is 0.124 e. The first kappa shape index (κ1) is 12.4. The van der Waals surface area contributed by atoms with E-state index in [0.29, 0.717) is 0 Å². The largest absolute Gasteiger partial charge is 0.370 e. The molecule has 0 aliphatic heterocycles. The van der Waals surface area contributed by atoms with E-state index >= 15 is 0 Å². The second kappa shape index (κ2) is 5.54. The maximum absolute atomic E-state index is 5.71. The van der Waals surface area contributed by atoms with Crippen molar-refractivity contribution in [3.8, 4) is 0 Å². The van der Waals surface area contributed by atoms with Gasteiger partial charge in [-0.05, 0) is 51.0 Å². The SMILES string of the molecule is Cc1cc(NCC2CCC(CN)CC2)n(C)n1. The van der Waals surface area contributed by atoms with Gasteiger partial charge in [-0.15, -0.1) is 0 Å². The van der Waals surface area contributed by atoms with E-state index in [4.69, 9.17) is 5.73 Å². The monoisotopic (exact) mass is 236 g/mol. The maximum atomic E-state index is 5.71. The average Bonchev–Trinajstić information content (AvgIpc) is 2.66. The first-order valence-electron chi connectivity index (χ1n) is 6.63. The molecule has 1 heterocycles. The molecule has 0 bridgehead atoms. The fourth-order valence-electron chi connectivity index (χ4n) is 2.70. The molecular formula is C13H24N4. The molecule has 4 nitrogen and oxygen atoms in total. The Kier molecular flexibility index (Phi) is 4.05. The van der Waals surface area contributed by atoms with E-state index in [1.54, 1.807) is 0 Å². The Hall–Kier alpha value is -1.03. The number of nitrogens with zero attached hydrogens (tertiary/aromatic N) is 2. The van der Waals surface area contributed by atoms with Gasteiger partial charge >= 0.3 is 0 Å². The van der Waals surface area contributed by atoms with Crippen LogP contribution in [0.3, 0.4) is 0 Å². The van der Waals surface area contributed by atoms with E-state index in [1.165, 1.54) is 25.7 Å². The fraction of sp³-hybridized carbons (Fsp3) is 0.769.